The van der Waals surface area contributed by atoms with E-state index in [0.717, 1.165) is 17.0 Å². The highest BCUT2D eigenvalue weighted by Crippen LogP contribution is 3.04. The third kappa shape index (κ3) is 10.2. The van der Waals surface area contributed by atoms with Crippen LogP contribution in [0.4, 0.5) is 11.4 Å². The van der Waals surface area contributed by atoms with Crippen LogP contribution in [0.25, 0.3) is 0 Å². The molecule has 0 radical (unpaired) electrons. The van der Waals surface area contributed by atoms with E-state index in [1.807, 2.05) is 31.2 Å². The number of benzene rings is 4. The molecule has 5 rings (SSSR count). The molecule has 0 saturated carbocycles. The van der Waals surface area contributed by atoms with Crippen molar-refractivity contribution in [3.63, 3.8) is 0 Å². The minimum absolute atomic E-state index is 0.00447. The number of azo groups is 1. The zero-order chi connectivity index (χ0) is 36.6. The Balaban J connectivity index is 1.29. The van der Waals surface area contributed by atoms with Crippen molar-refractivity contribution in [3.05, 3.63) is 102 Å². The topological polar surface area (TPSA) is 164 Å². The van der Waals surface area contributed by atoms with Crippen LogP contribution < -0.4 is 25.4 Å². The van der Waals surface area contributed by atoms with E-state index < -0.39 is 32.7 Å². The predicted octanol–water partition coefficient (Wildman–Crippen LogP) is 8.38. The van der Waals surface area contributed by atoms with Gasteiger partial charge in [-0.15, -0.1) is 0 Å². The van der Waals surface area contributed by atoms with Crippen LogP contribution in [-0.4, -0.2) is 40.6 Å². The fraction of sp³-hybridized carbons (Fsp3) is 0.176. The number of nitrogens with zero attached hydrogens (tertiary/aromatic N) is 2. The average Bonchev–Trinajstić information content (AvgIpc) is 3.10. The number of hydrogen-bond donors (Lipinski definition) is 3. The standard InChI is InChI=1S/C34H31N3O8P2S4/c1-2-3-4-32(41)45-30-18-9-24(37-36-23-7-5-22(6-8-23)33(42)35-20-19-31(39)40)21-29(30)34(43)44-26-12-16-28(17-13-26)47(49)50-46(48,51-47)27-14-10-25(38)11-15-27/h5-18,21,38H,2-4,19-20H2,1H3,(H,35,42)(H,39,40). The van der Waals surface area contributed by atoms with Crippen LogP contribution in [0.5, 0.6) is 17.2 Å². The number of esters is 2. The number of nitrogens with one attached hydrogen (secondary N) is 1. The zero-order valence-corrected chi connectivity index (χ0v) is 32.0. The van der Waals surface area contributed by atoms with Crippen LogP contribution in [0.15, 0.2) is 101 Å². The second-order valence-electron chi connectivity index (χ2n) is 11.0. The Kier molecular flexibility index (Phi) is 12.9. The van der Waals surface area contributed by atoms with Crippen LogP contribution in [-0.2, 0) is 33.2 Å². The van der Waals surface area contributed by atoms with Gasteiger partial charge in [0.15, 0.2) is 0 Å². The molecule has 0 unspecified atom stereocenters. The highest BCUT2D eigenvalue weighted by atomic mass is 33.7. The molecule has 11 nitrogen and oxygen atoms in total. The molecule has 1 heterocycles. The highest BCUT2D eigenvalue weighted by Gasteiger charge is 2.45. The quantitative estimate of drug-likeness (QED) is 0.0484. The third-order valence-corrected chi connectivity index (χ3v) is 38.4. The van der Waals surface area contributed by atoms with Crippen molar-refractivity contribution >= 4 is 100 Å². The number of amides is 1. The van der Waals surface area contributed by atoms with Gasteiger partial charge in [0, 0.05) is 29.1 Å². The Morgan fingerprint density at radius 2 is 1.37 bits per heavy atom. The Morgan fingerprint density at radius 1 is 0.784 bits per heavy atom. The molecule has 264 valence electrons. The number of aliphatic carboxylic acids is 1. The number of hydrogen-bond acceptors (Lipinski definition) is 13. The monoisotopic (exact) mass is 799 g/mol. The van der Waals surface area contributed by atoms with Crippen molar-refractivity contribution in [1.82, 2.24) is 5.32 Å². The first-order valence-corrected chi connectivity index (χ1v) is 25.1. The minimum Gasteiger partial charge on any atom is -0.508 e. The number of phenolic OH excluding ortho intramolecular Hbond substituents is 1. The first kappa shape index (κ1) is 38.4. The first-order valence-electron chi connectivity index (χ1n) is 15.5. The maximum atomic E-state index is 13.5. The van der Waals surface area contributed by atoms with Gasteiger partial charge >= 0.3 is 17.9 Å². The summed E-state index contributed by atoms with van der Waals surface area (Å²) < 4.78 is 7.20. The van der Waals surface area contributed by atoms with Gasteiger partial charge in [-0.05, 0) is 97.4 Å². The first-order chi connectivity index (χ1) is 24.4. The molecule has 1 aliphatic rings. The Morgan fingerprint density at radius 3 is 1.98 bits per heavy atom. The molecule has 4 aromatic rings. The summed E-state index contributed by atoms with van der Waals surface area (Å²) in [7, 11) is 0. The van der Waals surface area contributed by atoms with Crippen LogP contribution >= 0.6 is 30.9 Å². The van der Waals surface area contributed by atoms with E-state index in [2.05, 4.69) is 15.5 Å². The molecule has 17 heteroatoms. The minimum atomic E-state index is -2.06. The van der Waals surface area contributed by atoms with Crippen LogP contribution in [0.1, 0.15) is 53.3 Å². The molecular formula is C34H31N3O8P2S4. The predicted molar refractivity (Wildman–Crippen MR) is 209 cm³/mol. The second-order valence-corrected chi connectivity index (χ2v) is 32.3. The van der Waals surface area contributed by atoms with E-state index in [4.69, 9.17) is 38.2 Å². The third-order valence-electron chi connectivity index (χ3n) is 7.14. The Labute approximate surface area is 311 Å². The summed E-state index contributed by atoms with van der Waals surface area (Å²) in [6.45, 7) is 1.96. The van der Waals surface area contributed by atoms with E-state index in [-0.39, 0.29) is 47.9 Å². The number of aromatic hydroxyl groups is 1. The van der Waals surface area contributed by atoms with Gasteiger partial charge in [-0.3, -0.25) is 14.4 Å². The Hall–Kier alpha value is -3.84. The number of phenols is 1. The number of carbonyl (C=O) groups is 4. The van der Waals surface area contributed by atoms with Gasteiger partial charge in [-0.2, -0.15) is 10.2 Å². The van der Waals surface area contributed by atoms with Gasteiger partial charge in [0.2, 0.25) is 0 Å². The van der Waals surface area contributed by atoms with Crippen molar-refractivity contribution in [2.24, 2.45) is 10.2 Å². The van der Waals surface area contributed by atoms with Crippen LogP contribution in [0.3, 0.4) is 0 Å². The van der Waals surface area contributed by atoms with Crippen molar-refractivity contribution in [1.29, 1.82) is 0 Å². The summed E-state index contributed by atoms with van der Waals surface area (Å²) in [5, 5.41) is 31.2. The number of carbonyl (C=O) groups excluding carboxylic acids is 3. The summed E-state index contributed by atoms with van der Waals surface area (Å²) in [6.07, 6.45) is 1.43. The molecule has 0 bridgehead atoms. The number of unbranched alkanes of at least 4 members (excludes halogenated alkanes) is 1. The van der Waals surface area contributed by atoms with Crippen molar-refractivity contribution < 1.29 is 38.9 Å². The van der Waals surface area contributed by atoms with Gasteiger partial charge in [-0.25, -0.2) is 4.79 Å². The molecule has 0 aromatic heterocycles. The number of ether oxygens (including phenoxy) is 2. The van der Waals surface area contributed by atoms with E-state index in [0.29, 0.717) is 17.7 Å². The average molecular weight is 800 g/mol. The fourth-order valence-corrected chi connectivity index (χ4v) is 46.8. The van der Waals surface area contributed by atoms with Gasteiger partial charge in [0.1, 0.15) is 22.8 Å². The van der Waals surface area contributed by atoms with E-state index in [1.165, 1.54) is 24.3 Å². The van der Waals surface area contributed by atoms with Crippen LogP contribution in [0, 0.1) is 0 Å². The number of carboxylic acid groups (broad SMARTS) is 1. The van der Waals surface area contributed by atoms with E-state index >= 15 is 0 Å². The molecule has 0 spiro atoms. The lowest BCUT2D eigenvalue weighted by molar-refractivity contribution is -0.137. The second kappa shape index (κ2) is 17.1. The van der Waals surface area contributed by atoms with Gasteiger partial charge in [0.25, 0.3) is 5.91 Å². The summed E-state index contributed by atoms with van der Waals surface area (Å²) in [5.74, 6) is -2.22. The maximum Gasteiger partial charge on any atom is 0.347 e. The zero-order valence-electron chi connectivity index (χ0n) is 27.0. The van der Waals surface area contributed by atoms with E-state index in [9.17, 15) is 24.3 Å². The van der Waals surface area contributed by atoms with Crippen LogP contribution in [0.2, 0.25) is 0 Å². The molecule has 51 heavy (non-hydrogen) atoms. The maximum absolute atomic E-state index is 13.5. The lowest BCUT2D eigenvalue weighted by Crippen LogP contribution is -2.25. The molecule has 0 atom stereocenters. The highest BCUT2D eigenvalue weighted by molar-refractivity contribution is 9.48. The summed E-state index contributed by atoms with van der Waals surface area (Å²) in [6, 6.07) is 24.5. The van der Waals surface area contributed by atoms with Crippen molar-refractivity contribution in [2.75, 3.05) is 6.54 Å². The normalized spacial score (nSPS) is 18.1. The van der Waals surface area contributed by atoms with Gasteiger partial charge in [-0.1, -0.05) is 59.0 Å². The van der Waals surface area contributed by atoms with Gasteiger partial charge < -0.3 is 25.0 Å². The molecule has 0 aliphatic carbocycles. The molecule has 1 amide bonds. The fourth-order valence-electron chi connectivity index (χ4n) is 4.48. The largest absolute Gasteiger partial charge is 0.508 e. The molecule has 1 aliphatic heterocycles. The molecule has 1 saturated heterocycles. The summed E-state index contributed by atoms with van der Waals surface area (Å²) in [4.78, 5) is 48.9. The van der Waals surface area contributed by atoms with E-state index in [1.54, 1.807) is 64.5 Å². The summed E-state index contributed by atoms with van der Waals surface area (Å²) >= 11 is 15.3. The number of carboxylic acids is 1. The molecule has 1 fully saturated rings. The summed E-state index contributed by atoms with van der Waals surface area (Å²) in [5.41, 5.74) is 0.994. The van der Waals surface area contributed by atoms with Crippen molar-refractivity contribution in [3.8, 4) is 17.2 Å². The molecular weight excluding hydrogens is 769 g/mol. The smallest absolute Gasteiger partial charge is 0.347 e. The lowest BCUT2D eigenvalue weighted by Gasteiger charge is -2.40. The Bertz CT molecular complexity index is 2060. The lowest BCUT2D eigenvalue weighted by atomic mass is 10.1. The number of rotatable bonds is 14. The van der Waals surface area contributed by atoms with Gasteiger partial charge in [0.05, 0.1) is 26.7 Å². The molecule has 4 aromatic carbocycles. The SMILES string of the molecule is CCCCC(=O)Oc1ccc(N=Nc2ccc(C(=O)NCCC(=O)O)cc2)cc1C(=O)Oc1ccc(P2(=S)SP(=S)(c3ccc(O)cc3)S2)cc1. The molecule has 3 N–H and O–H groups in total. The van der Waals surface area contributed by atoms with Crippen molar-refractivity contribution in [2.45, 2.75) is 32.6 Å².